The van der Waals surface area contributed by atoms with Crippen LogP contribution in [0.5, 0.6) is 0 Å². The Bertz CT molecular complexity index is 1310. The molecule has 3 aromatic carbocycles. The number of nitrogen functional groups attached to an aromatic ring is 1. The predicted molar refractivity (Wildman–Crippen MR) is 152 cm³/mol. The molecule has 2 N–H and O–H groups in total. The molecule has 3 nitrogen and oxygen atoms in total. The number of aliphatic imine (C=N–C) groups is 1. The first kappa shape index (κ1) is 26.2. The van der Waals surface area contributed by atoms with Crippen LogP contribution in [-0.4, -0.2) is 11.5 Å². The molecule has 0 radical (unpaired) electrons. The maximum absolute atomic E-state index is 13.7. The minimum Gasteiger partial charge on any atom is -0.398 e. The number of anilines is 1. The molecule has 0 aliphatic carbocycles. The van der Waals surface area contributed by atoms with Crippen molar-refractivity contribution in [2.45, 2.75) is 62.3 Å². The first-order valence-electron chi connectivity index (χ1n) is 12.2. The number of nitrogens with two attached hydrogens (primary N) is 1. The van der Waals surface area contributed by atoms with Gasteiger partial charge in [-0.05, 0) is 92.6 Å². The van der Waals surface area contributed by atoms with Gasteiger partial charge in [-0.1, -0.05) is 63.2 Å². The Morgan fingerprint density at radius 2 is 1.31 bits per heavy atom. The molecule has 0 aliphatic rings. The van der Waals surface area contributed by atoms with Crippen LogP contribution >= 0.6 is 0 Å². The third kappa shape index (κ3) is 5.45. The van der Waals surface area contributed by atoms with E-state index in [0.29, 0.717) is 5.57 Å². The van der Waals surface area contributed by atoms with Gasteiger partial charge in [0.2, 0.25) is 0 Å². The largest absolute Gasteiger partial charge is 0.398 e. The Hall–Kier alpha value is -3.46. The molecule has 0 fully saturated rings. The van der Waals surface area contributed by atoms with Crippen LogP contribution in [0.4, 0.5) is 11.4 Å². The summed E-state index contributed by atoms with van der Waals surface area (Å²) < 4.78 is 0. The minimum atomic E-state index is -0.544. The van der Waals surface area contributed by atoms with E-state index >= 15 is 0 Å². The Labute approximate surface area is 210 Å². The molecule has 0 aliphatic heterocycles. The SMILES string of the molecule is CC(=Nc1c(C)cccc1C)/C(C(=O)C(C)(C)C)=C(/C)c1ccc(N)c(-c2c(C)cccc2C)c1. The van der Waals surface area contributed by atoms with Crippen molar-refractivity contribution < 1.29 is 4.79 Å². The molecule has 0 unspecified atom stereocenters. The fraction of sp³-hybridized carbons (Fsp3) is 0.312. The highest BCUT2D eigenvalue weighted by molar-refractivity contribution is 6.28. The van der Waals surface area contributed by atoms with Crippen molar-refractivity contribution >= 4 is 28.4 Å². The summed E-state index contributed by atoms with van der Waals surface area (Å²) in [6.07, 6.45) is 0. The zero-order valence-corrected chi connectivity index (χ0v) is 22.6. The van der Waals surface area contributed by atoms with Gasteiger partial charge in [0.25, 0.3) is 0 Å². The second kappa shape index (κ2) is 10.0. The summed E-state index contributed by atoms with van der Waals surface area (Å²) in [4.78, 5) is 18.7. The smallest absolute Gasteiger partial charge is 0.170 e. The van der Waals surface area contributed by atoms with Gasteiger partial charge in [0.15, 0.2) is 5.78 Å². The molecular weight excluding hydrogens is 428 g/mol. The van der Waals surface area contributed by atoms with Gasteiger partial charge in [-0.3, -0.25) is 9.79 Å². The van der Waals surface area contributed by atoms with Crippen LogP contribution in [0, 0.1) is 33.1 Å². The molecule has 0 amide bonds. The van der Waals surface area contributed by atoms with Gasteiger partial charge < -0.3 is 5.73 Å². The van der Waals surface area contributed by atoms with Crippen LogP contribution in [0.3, 0.4) is 0 Å². The van der Waals surface area contributed by atoms with Crippen LogP contribution in [0.25, 0.3) is 16.7 Å². The van der Waals surface area contributed by atoms with E-state index in [1.807, 2.05) is 52.8 Å². The average Bonchev–Trinajstić information content (AvgIpc) is 2.77. The summed E-state index contributed by atoms with van der Waals surface area (Å²) in [5.41, 5.74) is 17.5. The van der Waals surface area contributed by atoms with Crippen LogP contribution in [0.2, 0.25) is 0 Å². The van der Waals surface area contributed by atoms with Gasteiger partial charge >= 0.3 is 0 Å². The molecule has 0 aromatic heterocycles. The minimum absolute atomic E-state index is 0.0768. The third-order valence-electron chi connectivity index (χ3n) is 6.60. The number of para-hydroxylation sites is 1. The molecule has 0 saturated carbocycles. The van der Waals surface area contributed by atoms with Crippen molar-refractivity contribution in [3.05, 3.63) is 88.0 Å². The lowest BCUT2D eigenvalue weighted by Crippen LogP contribution is -2.26. The van der Waals surface area contributed by atoms with E-state index in [1.165, 1.54) is 11.1 Å². The average molecular weight is 467 g/mol. The number of rotatable bonds is 5. The normalized spacial score (nSPS) is 13.0. The van der Waals surface area contributed by atoms with E-state index in [9.17, 15) is 4.79 Å². The van der Waals surface area contributed by atoms with E-state index in [1.54, 1.807) is 0 Å². The predicted octanol–water partition coefficient (Wildman–Crippen LogP) is 8.35. The van der Waals surface area contributed by atoms with Gasteiger partial charge in [-0.15, -0.1) is 0 Å². The number of carbonyl (C=O) groups is 1. The number of hydrogen-bond donors (Lipinski definition) is 1. The first-order chi connectivity index (χ1) is 16.3. The van der Waals surface area contributed by atoms with E-state index < -0.39 is 5.41 Å². The number of aryl methyl sites for hydroxylation is 4. The Kier molecular flexibility index (Phi) is 7.50. The number of Topliss-reactive ketones (excluding diaryl/α,β-unsaturated/α-hetero) is 1. The standard InChI is InChI=1S/C32H38N2O/c1-19-12-10-13-20(2)28(19)26-18-25(16-17-27(26)33)23(5)29(31(35)32(7,8)9)24(6)34-30-21(3)14-11-15-22(30)4/h10-18H,33H2,1-9H3/b29-23+,34-24?. The molecule has 3 rings (SSSR count). The fourth-order valence-electron chi connectivity index (χ4n) is 4.58. The third-order valence-corrected chi connectivity index (χ3v) is 6.60. The molecule has 0 heterocycles. The van der Waals surface area contributed by atoms with Crippen LogP contribution in [-0.2, 0) is 4.79 Å². The van der Waals surface area contributed by atoms with E-state index in [2.05, 4.69) is 64.1 Å². The van der Waals surface area contributed by atoms with Crippen molar-refractivity contribution in [2.24, 2.45) is 10.4 Å². The van der Waals surface area contributed by atoms with Crippen LogP contribution in [0.15, 0.2) is 65.2 Å². The lowest BCUT2D eigenvalue weighted by molar-refractivity contribution is -0.121. The molecular formula is C32H38N2O. The number of allylic oxidation sites excluding steroid dienone is 2. The summed E-state index contributed by atoms with van der Waals surface area (Å²) >= 11 is 0. The lowest BCUT2D eigenvalue weighted by atomic mass is 9.81. The highest BCUT2D eigenvalue weighted by Crippen LogP contribution is 2.36. The molecule has 0 spiro atoms. The van der Waals surface area contributed by atoms with Crippen LogP contribution < -0.4 is 5.73 Å². The zero-order valence-electron chi connectivity index (χ0n) is 22.6. The number of ketones is 1. The highest BCUT2D eigenvalue weighted by atomic mass is 16.1. The van der Waals surface area contributed by atoms with E-state index in [-0.39, 0.29) is 5.78 Å². The van der Waals surface area contributed by atoms with Gasteiger partial charge in [-0.2, -0.15) is 0 Å². The first-order valence-corrected chi connectivity index (χ1v) is 12.2. The summed E-state index contributed by atoms with van der Waals surface area (Å²) in [5.74, 6) is 0.0768. The fourth-order valence-corrected chi connectivity index (χ4v) is 4.58. The molecule has 3 heteroatoms. The topological polar surface area (TPSA) is 55.5 Å². The van der Waals surface area contributed by atoms with Crippen molar-refractivity contribution in [1.82, 2.24) is 0 Å². The molecule has 0 saturated heterocycles. The summed E-state index contributed by atoms with van der Waals surface area (Å²) in [6, 6.07) is 18.5. The Morgan fingerprint density at radius 3 is 1.83 bits per heavy atom. The quantitative estimate of drug-likeness (QED) is 0.233. The Balaban J connectivity index is 2.28. The number of benzene rings is 3. The van der Waals surface area contributed by atoms with Gasteiger partial charge in [-0.25, -0.2) is 0 Å². The highest BCUT2D eigenvalue weighted by Gasteiger charge is 2.29. The van der Waals surface area contributed by atoms with Gasteiger partial charge in [0.05, 0.1) is 5.69 Å². The second-order valence-electron chi connectivity index (χ2n) is 10.6. The van der Waals surface area contributed by atoms with Crippen molar-refractivity contribution in [1.29, 1.82) is 0 Å². The van der Waals surface area contributed by atoms with E-state index in [4.69, 9.17) is 10.7 Å². The van der Waals surface area contributed by atoms with Crippen LogP contribution in [0.1, 0.15) is 62.4 Å². The molecule has 0 bridgehead atoms. The summed E-state index contributed by atoms with van der Waals surface area (Å²) in [7, 11) is 0. The number of carbonyl (C=O) groups excluding carboxylic acids is 1. The maximum Gasteiger partial charge on any atom is 0.170 e. The van der Waals surface area contributed by atoms with Crippen molar-refractivity contribution in [3.63, 3.8) is 0 Å². The monoisotopic (exact) mass is 466 g/mol. The van der Waals surface area contributed by atoms with E-state index in [0.717, 1.165) is 50.5 Å². The zero-order chi connectivity index (χ0) is 26.1. The number of hydrogen-bond acceptors (Lipinski definition) is 3. The Morgan fingerprint density at radius 1 is 0.800 bits per heavy atom. The summed E-state index contributed by atoms with van der Waals surface area (Å²) in [6.45, 7) is 18.1. The number of nitrogens with zero attached hydrogens (tertiary/aromatic N) is 1. The lowest BCUT2D eigenvalue weighted by Gasteiger charge is -2.22. The maximum atomic E-state index is 13.7. The van der Waals surface area contributed by atoms with Gasteiger partial charge in [0.1, 0.15) is 0 Å². The van der Waals surface area contributed by atoms with Gasteiger partial charge in [0, 0.05) is 28.0 Å². The van der Waals surface area contributed by atoms with Crippen molar-refractivity contribution in [3.8, 4) is 11.1 Å². The molecule has 3 aromatic rings. The second-order valence-corrected chi connectivity index (χ2v) is 10.6. The van der Waals surface area contributed by atoms with Crippen molar-refractivity contribution in [2.75, 3.05) is 5.73 Å². The molecule has 0 atom stereocenters. The molecule has 35 heavy (non-hydrogen) atoms. The molecule has 182 valence electrons. The summed E-state index contributed by atoms with van der Waals surface area (Å²) in [5, 5.41) is 0.